The van der Waals surface area contributed by atoms with E-state index in [4.69, 9.17) is 9.47 Å². The van der Waals surface area contributed by atoms with Gasteiger partial charge in [-0.3, -0.25) is 4.79 Å². The normalized spacial score (nSPS) is 12.6. The van der Waals surface area contributed by atoms with E-state index in [1.54, 1.807) is 26.4 Å². The highest BCUT2D eigenvalue weighted by molar-refractivity contribution is 5.88. The van der Waals surface area contributed by atoms with Gasteiger partial charge < -0.3 is 14.8 Å². The molecule has 0 spiro atoms. The average Bonchev–Trinajstić information content (AvgIpc) is 2.46. The molecule has 0 saturated carbocycles. The molecular weight excluding hydrogens is 254 g/mol. The van der Waals surface area contributed by atoms with Crippen molar-refractivity contribution in [2.45, 2.75) is 19.9 Å². The largest absolute Gasteiger partial charge is 0.493 e. The van der Waals surface area contributed by atoms with Gasteiger partial charge in [-0.1, -0.05) is 24.3 Å². The van der Waals surface area contributed by atoms with Gasteiger partial charge in [0.25, 0.3) is 0 Å². The van der Waals surface area contributed by atoms with Crippen LogP contribution in [-0.2, 0) is 4.79 Å². The molecular formula is C16H21NO3. The van der Waals surface area contributed by atoms with E-state index >= 15 is 0 Å². The molecule has 1 aromatic rings. The van der Waals surface area contributed by atoms with E-state index in [1.165, 1.54) is 6.08 Å². The van der Waals surface area contributed by atoms with E-state index < -0.39 is 0 Å². The summed E-state index contributed by atoms with van der Waals surface area (Å²) in [4.78, 5) is 11.7. The summed E-state index contributed by atoms with van der Waals surface area (Å²) in [5, 5.41) is 2.89. The highest BCUT2D eigenvalue weighted by atomic mass is 16.5. The monoisotopic (exact) mass is 275 g/mol. The summed E-state index contributed by atoms with van der Waals surface area (Å²) in [5.74, 6) is 1.18. The second kappa shape index (κ2) is 8.04. The molecule has 1 unspecified atom stereocenters. The van der Waals surface area contributed by atoms with Crippen LogP contribution >= 0.6 is 0 Å². The van der Waals surface area contributed by atoms with Gasteiger partial charge in [0.2, 0.25) is 5.91 Å². The first-order valence-corrected chi connectivity index (χ1v) is 6.44. The Hall–Kier alpha value is -2.23. The van der Waals surface area contributed by atoms with Crippen LogP contribution in [0.3, 0.4) is 0 Å². The van der Waals surface area contributed by atoms with Crippen molar-refractivity contribution in [1.29, 1.82) is 0 Å². The highest BCUT2D eigenvalue weighted by Crippen LogP contribution is 2.29. The maximum atomic E-state index is 11.7. The Bertz CT molecular complexity index is 506. The Labute approximate surface area is 120 Å². The van der Waals surface area contributed by atoms with Crippen LogP contribution in [0.25, 0.3) is 0 Å². The third-order valence-electron chi connectivity index (χ3n) is 2.82. The second-order valence-electron chi connectivity index (χ2n) is 4.23. The molecule has 108 valence electrons. The SMILES string of the molecule is C/C=C/C=C/C(=O)NC(C)c1ccc(OC)c(OC)c1. The Morgan fingerprint density at radius 1 is 1.20 bits per heavy atom. The summed E-state index contributed by atoms with van der Waals surface area (Å²) in [6.07, 6.45) is 6.87. The summed E-state index contributed by atoms with van der Waals surface area (Å²) >= 11 is 0. The fraction of sp³-hybridized carbons (Fsp3) is 0.312. The van der Waals surface area contributed by atoms with Crippen LogP contribution in [0.1, 0.15) is 25.5 Å². The number of amides is 1. The van der Waals surface area contributed by atoms with Crippen molar-refractivity contribution in [2.24, 2.45) is 0 Å². The Morgan fingerprint density at radius 3 is 2.50 bits per heavy atom. The summed E-state index contributed by atoms with van der Waals surface area (Å²) in [7, 11) is 3.18. The molecule has 0 radical (unpaired) electrons. The molecule has 1 amide bonds. The molecule has 0 saturated heterocycles. The van der Waals surface area contributed by atoms with Gasteiger partial charge >= 0.3 is 0 Å². The summed E-state index contributed by atoms with van der Waals surface area (Å²) in [6.45, 7) is 3.82. The number of rotatable bonds is 6. The van der Waals surface area contributed by atoms with Gasteiger partial charge in [-0.05, 0) is 31.5 Å². The van der Waals surface area contributed by atoms with Gasteiger partial charge in [0.05, 0.1) is 20.3 Å². The lowest BCUT2D eigenvalue weighted by molar-refractivity contribution is -0.117. The van der Waals surface area contributed by atoms with Gasteiger partial charge in [0.1, 0.15) is 0 Å². The number of benzene rings is 1. The molecule has 1 N–H and O–H groups in total. The van der Waals surface area contributed by atoms with Crippen molar-refractivity contribution in [3.8, 4) is 11.5 Å². The lowest BCUT2D eigenvalue weighted by atomic mass is 10.1. The maximum Gasteiger partial charge on any atom is 0.244 e. The number of allylic oxidation sites excluding steroid dienone is 3. The number of carbonyl (C=O) groups is 1. The number of hydrogen-bond donors (Lipinski definition) is 1. The smallest absolute Gasteiger partial charge is 0.244 e. The predicted molar refractivity (Wildman–Crippen MR) is 80.1 cm³/mol. The number of ether oxygens (including phenoxy) is 2. The first kappa shape index (κ1) is 15.8. The predicted octanol–water partition coefficient (Wildman–Crippen LogP) is 3.01. The maximum absolute atomic E-state index is 11.7. The van der Waals surface area contributed by atoms with Crippen molar-refractivity contribution >= 4 is 5.91 Å². The van der Waals surface area contributed by atoms with Gasteiger partial charge in [-0.15, -0.1) is 0 Å². The molecule has 0 bridgehead atoms. The van der Waals surface area contributed by atoms with Crippen LogP contribution in [0.15, 0.2) is 42.5 Å². The van der Waals surface area contributed by atoms with E-state index in [2.05, 4.69) is 5.32 Å². The van der Waals surface area contributed by atoms with Gasteiger partial charge in [-0.2, -0.15) is 0 Å². The molecule has 0 heterocycles. The molecule has 0 aliphatic rings. The lowest BCUT2D eigenvalue weighted by Crippen LogP contribution is -2.24. The fourth-order valence-corrected chi connectivity index (χ4v) is 1.72. The number of hydrogen-bond acceptors (Lipinski definition) is 3. The molecule has 0 aliphatic heterocycles. The van der Waals surface area contributed by atoms with Crippen LogP contribution in [0, 0.1) is 0 Å². The van der Waals surface area contributed by atoms with Crippen molar-refractivity contribution in [3.05, 3.63) is 48.1 Å². The van der Waals surface area contributed by atoms with Crippen molar-refractivity contribution in [1.82, 2.24) is 5.32 Å². The Kier molecular flexibility index (Phi) is 6.37. The van der Waals surface area contributed by atoms with E-state index in [9.17, 15) is 4.79 Å². The molecule has 1 atom stereocenters. The van der Waals surface area contributed by atoms with Crippen LogP contribution in [-0.4, -0.2) is 20.1 Å². The standard InChI is InChI=1S/C16H21NO3/c1-5-6-7-8-16(18)17-12(2)13-9-10-14(19-3)15(11-13)20-4/h5-12H,1-4H3,(H,17,18)/b6-5+,8-7+. The molecule has 0 fully saturated rings. The van der Waals surface area contributed by atoms with E-state index in [-0.39, 0.29) is 11.9 Å². The van der Waals surface area contributed by atoms with Gasteiger partial charge in [-0.25, -0.2) is 0 Å². The zero-order valence-corrected chi connectivity index (χ0v) is 12.3. The first-order chi connectivity index (χ1) is 9.62. The molecule has 1 aromatic carbocycles. The Morgan fingerprint density at radius 2 is 1.90 bits per heavy atom. The van der Waals surface area contributed by atoms with Gasteiger partial charge in [0.15, 0.2) is 11.5 Å². The van der Waals surface area contributed by atoms with Crippen molar-refractivity contribution in [3.63, 3.8) is 0 Å². The first-order valence-electron chi connectivity index (χ1n) is 6.44. The van der Waals surface area contributed by atoms with Gasteiger partial charge in [0, 0.05) is 6.08 Å². The summed E-state index contributed by atoms with van der Waals surface area (Å²) in [6, 6.07) is 5.48. The number of nitrogens with one attached hydrogen (secondary N) is 1. The average molecular weight is 275 g/mol. The summed E-state index contributed by atoms with van der Waals surface area (Å²) in [5.41, 5.74) is 0.954. The van der Waals surface area contributed by atoms with Crippen LogP contribution < -0.4 is 14.8 Å². The van der Waals surface area contributed by atoms with E-state index in [0.29, 0.717) is 11.5 Å². The quantitative estimate of drug-likeness (QED) is 0.641. The molecule has 1 rings (SSSR count). The fourth-order valence-electron chi connectivity index (χ4n) is 1.72. The Balaban J connectivity index is 2.77. The number of carbonyl (C=O) groups excluding carboxylic acids is 1. The van der Waals surface area contributed by atoms with E-state index in [0.717, 1.165) is 5.56 Å². The molecule has 4 heteroatoms. The van der Waals surface area contributed by atoms with E-state index in [1.807, 2.05) is 38.1 Å². The van der Waals surface area contributed by atoms with Crippen LogP contribution in [0.2, 0.25) is 0 Å². The highest BCUT2D eigenvalue weighted by Gasteiger charge is 2.11. The minimum atomic E-state index is -0.134. The molecule has 0 aliphatic carbocycles. The molecule has 0 aromatic heterocycles. The topological polar surface area (TPSA) is 47.6 Å². The minimum Gasteiger partial charge on any atom is -0.493 e. The van der Waals surface area contributed by atoms with Crippen molar-refractivity contribution < 1.29 is 14.3 Å². The second-order valence-corrected chi connectivity index (χ2v) is 4.23. The molecule has 20 heavy (non-hydrogen) atoms. The lowest BCUT2D eigenvalue weighted by Gasteiger charge is -2.15. The zero-order chi connectivity index (χ0) is 15.0. The third kappa shape index (κ3) is 4.46. The summed E-state index contributed by atoms with van der Waals surface area (Å²) < 4.78 is 10.4. The third-order valence-corrected chi connectivity index (χ3v) is 2.82. The zero-order valence-electron chi connectivity index (χ0n) is 12.3. The minimum absolute atomic E-state index is 0.113. The number of methoxy groups -OCH3 is 2. The van der Waals surface area contributed by atoms with Crippen LogP contribution in [0.4, 0.5) is 0 Å². The van der Waals surface area contributed by atoms with Crippen molar-refractivity contribution in [2.75, 3.05) is 14.2 Å². The van der Waals surface area contributed by atoms with Crippen LogP contribution in [0.5, 0.6) is 11.5 Å². The molecule has 4 nitrogen and oxygen atoms in total.